The third-order valence-corrected chi connectivity index (χ3v) is 2.19. The molecule has 0 radical (unpaired) electrons. The van der Waals surface area contributed by atoms with Gasteiger partial charge >= 0.3 is 12.2 Å². The van der Waals surface area contributed by atoms with Crippen molar-refractivity contribution in [3.05, 3.63) is 47.2 Å². The molecule has 0 aliphatic heterocycles. The molecule has 2 aromatic rings. The Balaban J connectivity index is 2.32. The minimum absolute atomic E-state index is 0.198. The van der Waals surface area contributed by atoms with Gasteiger partial charge in [-0.3, -0.25) is 0 Å². The number of alkyl halides is 3. The van der Waals surface area contributed by atoms with E-state index in [0.717, 1.165) is 6.07 Å². The van der Waals surface area contributed by atoms with E-state index in [4.69, 9.17) is 16.3 Å². The van der Waals surface area contributed by atoms with Crippen LogP contribution in [0, 0.1) is 0 Å². The Kier molecular flexibility index (Phi) is 3.38. The van der Waals surface area contributed by atoms with Crippen LogP contribution >= 0.6 is 11.6 Å². The molecule has 94 valence electrons. The number of hydrogen-bond acceptors (Lipinski definition) is 3. The van der Waals surface area contributed by atoms with E-state index in [-0.39, 0.29) is 16.8 Å². The van der Waals surface area contributed by atoms with Gasteiger partial charge in [0.2, 0.25) is 0 Å². The number of hydrogen-bond donors (Lipinski definition) is 0. The molecular formula is C11H6ClF3N2O. The van der Waals surface area contributed by atoms with Gasteiger partial charge in [0.25, 0.3) is 0 Å². The zero-order chi connectivity index (χ0) is 13.2. The highest BCUT2D eigenvalue weighted by molar-refractivity contribution is 6.30. The first kappa shape index (κ1) is 12.6. The van der Waals surface area contributed by atoms with Gasteiger partial charge in [-0.25, -0.2) is 9.97 Å². The number of benzene rings is 1. The lowest BCUT2D eigenvalue weighted by Gasteiger charge is -2.11. The van der Waals surface area contributed by atoms with Crippen molar-refractivity contribution < 1.29 is 17.9 Å². The molecule has 0 N–H and O–H groups in total. The number of para-hydroxylation sites is 1. The van der Waals surface area contributed by atoms with Crippen molar-refractivity contribution >= 4 is 11.6 Å². The van der Waals surface area contributed by atoms with Crippen LogP contribution in [-0.2, 0) is 6.18 Å². The van der Waals surface area contributed by atoms with E-state index >= 15 is 0 Å². The fraction of sp³-hybridized carbons (Fsp3) is 0.0909. The van der Waals surface area contributed by atoms with Crippen molar-refractivity contribution in [3.8, 4) is 11.8 Å². The van der Waals surface area contributed by atoms with Gasteiger partial charge in [-0.1, -0.05) is 23.7 Å². The average molecular weight is 275 g/mol. The summed E-state index contributed by atoms with van der Waals surface area (Å²) in [5.74, 6) is -0.354. The number of nitrogens with zero attached hydrogens (tertiary/aromatic N) is 2. The van der Waals surface area contributed by atoms with E-state index in [1.165, 1.54) is 30.6 Å². The quantitative estimate of drug-likeness (QED) is 0.832. The van der Waals surface area contributed by atoms with Crippen molar-refractivity contribution in [2.24, 2.45) is 0 Å². The first-order valence-electron chi connectivity index (χ1n) is 4.78. The van der Waals surface area contributed by atoms with Crippen LogP contribution in [0.25, 0.3) is 0 Å². The van der Waals surface area contributed by atoms with Gasteiger partial charge in [-0.15, -0.1) is 0 Å². The molecule has 3 nitrogen and oxygen atoms in total. The van der Waals surface area contributed by atoms with Gasteiger partial charge in [-0.2, -0.15) is 13.2 Å². The van der Waals surface area contributed by atoms with E-state index in [1.54, 1.807) is 0 Å². The van der Waals surface area contributed by atoms with Crippen LogP contribution in [0.15, 0.2) is 36.7 Å². The Morgan fingerprint density at radius 3 is 2.28 bits per heavy atom. The van der Waals surface area contributed by atoms with Gasteiger partial charge in [0.15, 0.2) is 0 Å². The Morgan fingerprint density at radius 2 is 1.67 bits per heavy atom. The van der Waals surface area contributed by atoms with Crippen molar-refractivity contribution in [3.63, 3.8) is 0 Å². The van der Waals surface area contributed by atoms with Crippen LogP contribution in [0.3, 0.4) is 0 Å². The maximum Gasteiger partial charge on any atom is 0.419 e. The maximum absolute atomic E-state index is 12.7. The molecule has 1 heterocycles. The van der Waals surface area contributed by atoms with Crippen molar-refractivity contribution in [2.45, 2.75) is 6.18 Å². The zero-order valence-electron chi connectivity index (χ0n) is 8.78. The second kappa shape index (κ2) is 4.81. The van der Waals surface area contributed by atoms with Crippen LogP contribution in [0.5, 0.6) is 11.8 Å². The molecule has 0 atom stereocenters. The Bertz CT molecular complexity index is 543. The summed E-state index contributed by atoms with van der Waals surface area (Å²) >= 11 is 5.56. The molecule has 0 saturated heterocycles. The molecule has 0 aliphatic carbocycles. The highest BCUT2D eigenvalue weighted by Crippen LogP contribution is 2.37. The summed E-state index contributed by atoms with van der Waals surface area (Å²) in [6.45, 7) is 0. The topological polar surface area (TPSA) is 35.0 Å². The average Bonchev–Trinajstić information content (AvgIpc) is 2.31. The predicted octanol–water partition coefficient (Wildman–Crippen LogP) is 3.94. The summed E-state index contributed by atoms with van der Waals surface area (Å²) in [5.41, 5.74) is -0.886. The van der Waals surface area contributed by atoms with Crippen molar-refractivity contribution in [2.75, 3.05) is 0 Å². The van der Waals surface area contributed by atoms with Gasteiger partial charge < -0.3 is 4.74 Å². The lowest BCUT2D eigenvalue weighted by atomic mass is 10.2. The summed E-state index contributed by atoms with van der Waals surface area (Å²) in [7, 11) is 0. The highest BCUT2D eigenvalue weighted by atomic mass is 35.5. The first-order chi connectivity index (χ1) is 8.47. The number of rotatable bonds is 2. The van der Waals surface area contributed by atoms with Crippen LogP contribution < -0.4 is 4.74 Å². The number of aromatic nitrogens is 2. The maximum atomic E-state index is 12.7. The lowest BCUT2D eigenvalue weighted by molar-refractivity contribution is -0.138. The summed E-state index contributed by atoms with van der Waals surface area (Å²) in [6.07, 6.45) is -2.02. The molecule has 0 saturated carbocycles. The monoisotopic (exact) mass is 274 g/mol. The largest absolute Gasteiger partial charge is 0.424 e. The smallest absolute Gasteiger partial charge is 0.419 e. The molecule has 1 aromatic carbocycles. The third kappa shape index (κ3) is 2.89. The molecule has 0 bridgehead atoms. The normalized spacial score (nSPS) is 11.3. The minimum Gasteiger partial charge on any atom is -0.424 e. The Morgan fingerprint density at radius 1 is 1.06 bits per heavy atom. The van der Waals surface area contributed by atoms with E-state index in [9.17, 15) is 13.2 Å². The van der Waals surface area contributed by atoms with E-state index in [2.05, 4.69) is 9.97 Å². The predicted molar refractivity (Wildman–Crippen MR) is 58.6 cm³/mol. The number of halogens is 4. The van der Waals surface area contributed by atoms with Gasteiger partial charge in [0.05, 0.1) is 23.0 Å². The summed E-state index contributed by atoms with van der Waals surface area (Å²) in [5, 5.41) is 0.270. The summed E-state index contributed by atoms with van der Waals surface area (Å²) in [6, 6.07) is 4.63. The van der Waals surface area contributed by atoms with Crippen molar-refractivity contribution in [1.29, 1.82) is 0 Å². The van der Waals surface area contributed by atoms with Crippen molar-refractivity contribution in [1.82, 2.24) is 9.97 Å². The molecule has 0 fully saturated rings. The summed E-state index contributed by atoms with van der Waals surface area (Å²) in [4.78, 5) is 7.33. The molecular weight excluding hydrogens is 269 g/mol. The lowest BCUT2D eigenvalue weighted by Crippen LogP contribution is -2.07. The molecule has 2 rings (SSSR count). The van der Waals surface area contributed by atoms with E-state index in [0.29, 0.717) is 0 Å². The van der Waals surface area contributed by atoms with Gasteiger partial charge in [-0.05, 0) is 12.1 Å². The fourth-order valence-electron chi connectivity index (χ4n) is 1.24. The van der Waals surface area contributed by atoms with Crippen LogP contribution in [0.4, 0.5) is 13.2 Å². The second-order valence-corrected chi connectivity index (χ2v) is 3.72. The molecule has 0 amide bonds. The summed E-state index contributed by atoms with van der Waals surface area (Å²) < 4.78 is 43.0. The zero-order valence-corrected chi connectivity index (χ0v) is 9.53. The van der Waals surface area contributed by atoms with E-state index in [1.807, 2.05) is 0 Å². The third-order valence-electron chi connectivity index (χ3n) is 1.99. The minimum atomic E-state index is -4.50. The van der Waals surface area contributed by atoms with Crippen LogP contribution in [-0.4, -0.2) is 9.97 Å². The van der Waals surface area contributed by atoms with Gasteiger partial charge in [0.1, 0.15) is 5.75 Å². The molecule has 0 unspecified atom stereocenters. The molecule has 0 aliphatic rings. The Hall–Kier alpha value is -1.82. The van der Waals surface area contributed by atoms with Crippen LogP contribution in [0.2, 0.25) is 5.02 Å². The molecule has 18 heavy (non-hydrogen) atoms. The molecule has 0 spiro atoms. The fourth-order valence-corrected chi connectivity index (χ4v) is 1.34. The highest BCUT2D eigenvalue weighted by Gasteiger charge is 2.34. The number of ether oxygens (including phenoxy) is 1. The van der Waals surface area contributed by atoms with Crippen LogP contribution in [0.1, 0.15) is 5.56 Å². The second-order valence-electron chi connectivity index (χ2n) is 3.28. The van der Waals surface area contributed by atoms with E-state index < -0.39 is 11.7 Å². The van der Waals surface area contributed by atoms with Gasteiger partial charge in [0, 0.05) is 0 Å². The first-order valence-corrected chi connectivity index (χ1v) is 5.16. The molecule has 7 heteroatoms. The SMILES string of the molecule is FC(F)(F)c1ccccc1Oc1ncc(Cl)cn1. The Labute approximate surface area is 105 Å². The molecule has 1 aromatic heterocycles. The standard InChI is InChI=1S/C11H6ClF3N2O/c12-7-5-16-10(17-6-7)18-9-4-2-1-3-8(9)11(13,14)15/h1-6H.